The maximum atomic E-state index is 12.7. The lowest BCUT2D eigenvalue weighted by molar-refractivity contribution is -0.113. The van der Waals surface area contributed by atoms with E-state index in [1.165, 1.54) is 0 Å². The van der Waals surface area contributed by atoms with Crippen LogP contribution >= 0.6 is 31.9 Å². The second kappa shape index (κ2) is 6.42. The molecule has 1 saturated carbocycles. The lowest BCUT2D eigenvalue weighted by Crippen LogP contribution is -2.18. The summed E-state index contributed by atoms with van der Waals surface area (Å²) in [6, 6.07) is 7.33. The fraction of sp³-hybridized carbons (Fsp3) is 0.235. The zero-order chi connectivity index (χ0) is 15.7. The van der Waals surface area contributed by atoms with Crippen LogP contribution in [0.4, 0.5) is 0 Å². The van der Waals surface area contributed by atoms with E-state index >= 15 is 0 Å². The number of allylic oxidation sites excluding steroid dienone is 2. The molecule has 3 nitrogen and oxygen atoms in total. The molecule has 1 aliphatic carbocycles. The van der Waals surface area contributed by atoms with Gasteiger partial charge in [-0.1, -0.05) is 6.92 Å². The fourth-order valence-corrected chi connectivity index (χ4v) is 3.26. The number of Topliss-reactive ketones (excluding diaryl/α,β-unsaturated/α-hetero) is 1. The first-order valence-electron chi connectivity index (χ1n) is 6.98. The SMILES string of the molecule is CC1CC(=Cc2ccc(Br)o2)C(=O)C(=Cc2ccc(Br)o2)C1. The Morgan fingerprint density at radius 3 is 1.77 bits per heavy atom. The van der Waals surface area contributed by atoms with Crippen LogP contribution in [0.2, 0.25) is 0 Å². The van der Waals surface area contributed by atoms with Crippen LogP contribution in [0.3, 0.4) is 0 Å². The molecule has 0 aromatic carbocycles. The smallest absolute Gasteiger partial charge is 0.185 e. The van der Waals surface area contributed by atoms with Gasteiger partial charge in [0.05, 0.1) is 0 Å². The van der Waals surface area contributed by atoms with Gasteiger partial charge in [0.25, 0.3) is 0 Å². The molecule has 0 N–H and O–H groups in total. The minimum Gasteiger partial charge on any atom is -0.450 e. The molecule has 0 aliphatic heterocycles. The van der Waals surface area contributed by atoms with Gasteiger partial charge in [-0.25, -0.2) is 0 Å². The average Bonchev–Trinajstić information content (AvgIpc) is 3.04. The van der Waals surface area contributed by atoms with Gasteiger partial charge in [0.15, 0.2) is 15.1 Å². The first-order valence-corrected chi connectivity index (χ1v) is 8.56. The van der Waals surface area contributed by atoms with Crippen LogP contribution in [0, 0.1) is 5.92 Å². The summed E-state index contributed by atoms with van der Waals surface area (Å²) >= 11 is 6.55. The maximum Gasteiger partial charge on any atom is 0.185 e. The van der Waals surface area contributed by atoms with Crippen molar-refractivity contribution in [3.63, 3.8) is 0 Å². The number of hydrogen-bond acceptors (Lipinski definition) is 3. The van der Waals surface area contributed by atoms with Crippen LogP contribution in [0.25, 0.3) is 12.2 Å². The molecule has 2 aromatic rings. The van der Waals surface area contributed by atoms with Crippen molar-refractivity contribution in [2.75, 3.05) is 0 Å². The van der Waals surface area contributed by atoms with Crippen molar-refractivity contribution in [3.05, 3.63) is 56.3 Å². The van der Waals surface area contributed by atoms with Crippen molar-refractivity contribution in [2.24, 2.45) is 5.92 Å². The number of carbonyl (C=O) groups is 1. The Balaban J connectivity index is 1.91. The molecule has 2 heterocycles. The van der Waals surface area contributed by atoms with Crippen molar-refractivity contribution >= 4 is 49.8 Å². The minimum absolute atomic E-state index is 0.0677. The topological polar surface area (TPSA) is 43.4 Å². The standard InChI is InChI=1S/C17H14Br2O3/c1-10-6-11(8-13-2-4-15(18)21-13)17(20)12(7-10)9-14-3-5-16(19)22-14/h2-5,8-10H,6-7H2,1H3. The van der Waals surface area contributed by atoms with Crippen molar-refractivity contribution < 1.29 is 13.6 Å². The molecule has 3 rings (SSSR count). The Bertz CT molecular complexity index is 702. The van der Waals surface area contributed by atoms with E-state index in [9.17, 15) is 4.79 Å². The van der Waals surface area contributed by atoms with Crippen LogP contribution in [-0.4, -0.2) is 5.78 Å². The molecular formula is C17H14Br2O3. The largest absolute Gasteiger partial charge is 0.450 e. The van der Waals surface area contributed by atoms with Gasteiger partial charge in [-0.3, -0.25) is 4.79 Å². The zero-order valence-electron chi connectivity index (χ0n) is 11.9. The molecule has 1 fully saturated rings. The molecule has 2 aromatic heterocycles. The van der Waals surface area contributed by atoms with Gasteiger partial charge in [-0.2, -0.15) is 0 Å². The van der Waals surface area contributed by atoms with Crippen LogP contribution in [0.1, 0.15) is 31.3 Å². The minimum atomic E-state index is 0.0677. The molecule has 0 atom stereocenters. The van der Waals surface area contributed by atoms with E-state index in [0.29, 0.717) is 26.8 Å². The average molecular weight is 426 g/mol. The van der Waals surface area contributed by atoms with Crippen LogP contribution in [0.5, 0.6) is 0 Å². The second-order valence-corrected chi connectivity index (χ2v) is 7.03. The molecule has 0 amide bonds. The summed E-state index contributed by atoms with van der Waals surface area (Å²) in [6.45, 7) is 2.14. The Labute approximate surface area is 145 Å². The van der Waals surface area contributed by atoms with Crippen molar-refractivity contribution in [3.8, 4) is 0 Å². The zero-order valence-corrected chi connectivity index (χ0v) is 15.1. The third-order valence-electron chi connectivity index (χ3n) is 3.54. The summed E-state index contributed by atoms with van der Waals surface area (Å²) in [5, 5.41) is 0. The monoisotopic (exact) mass is 424 g/mol. The van der Waals surface area contributed by atoms with E-state index in [4.69, 9.17) is 8.83 Å². The maximum absolute atomic E-state index is 12.7. The molecule has 22 heavy (non-hydrogen) atoms. The predicted molar refractivity (Wildman–Crippen MR) is 92.2 cm³/mol. The quantitative estimate of drug-likeness (QED) is 0.565. The van der Waals surface area contributed by atoms with E-state index in [1.807, 2.05) is 36.4 Å². The molecule has 5 heteroatoms. The number of halogens is 2. The number of carbonyl (C=O) groups excluding carboxylic acids is 1. The molecular weight excluding hydrogens is 412 g/mol. The van der Waals surface area contributed by atoms with E-state index in [2.05, 4.69) is 38.8 Å². The van der Waals surface area contributed by atoms with Gasteiger partial charge < -0.3 is 8.83 Å². The summed E-state index contributed by atoms with van der Waals surface area (Å²) < 4.78 is 12.3. The Morgan fingerprint density at radius 2 is 1.41 bits per heavy atom. The van der Waals surface area contributed by atoms with Gasteiger partial charge in [0.2, 0.25) is 0 Å². The Hall–Kier alpha value is -1.33. The van der Waals surface area contributed by atoms with Crippen molar-refractivity contribution in [1.82, 2.24) is 0 Å². The number of hydrogen-bond donors (Lipinski definition) is 0. The molecule has 1 aliphatic rings. The summed E-state index contributed by atoms with van der Waals surface area (Å²) in [7, 11) is 0. The first kappa shape index (κ1) is 15.6. The highest BCUT2D eigenvalue weighted by Gasteiger charge is 2.26. The van der Waals surface area contributed by atoms with Gasteiger partial charge in [0.1, 0.15) is 11.5 Å². The van der Waals surface area contributed by atoms with Gasteiger partial charge in [-0.15, -0.1) is 0 Å². The van der Waals surface area contributed by atoms with Crippen molar-refractivity contribution in [1.29, 1.82) is 0 Å². The summed E-state index contributed by atoms with van der Waals surface area (Å²) in [4.78, 5) is 12.7. The van der Waals surface area contributed by atoms with E-state index < -0.39 is 0 Å². The van der Waals surface area contributed by atoms with Crippen molar-refractivity contribution in [2.45, 2.75) is 19.8 Å². The summed E-state index contributed by atoms with van der Waals surface area (Å²) in [5.74, 6) is 1.85. The highest BCUT2D eigenvalue weighted by atomic mass is 79.9. The fourth-order valence-electron chi connectivity index (χ4n) is 2.62. The third-order valence-corrected chi connectivity index (χ3v) is 4.39. The van der Waals surface area contributed by atoms with Gasteiger partial charge in [-0.05, 0) is 87.0 Å². The number of furan rings is 2. The van der Waals surface area contributed by atoms with E-state index in [1.54, 1.807) is 0 Å². The Morgan fingerprint density at radius 1 is 0.955 bits per heavy atom. The van der Waals surface area contributed by atoms with Gasteiger partial charge in [0, 0.05) is 11.1 Å². The molecule has 0 radical (unpaired) electrons. The van der Waals surface area contributed by atoms with Crippen LogP contribution in [0.15, 0.2) is 53.6 Å². The predicted octanol–water partition coefficient (Wildman–Crippen LogP) is 5.86. The molecule has 0 spiro atoms. The van der Waals surface area contributed by atoms with E-state index in [-0.39, 0.29) is 5.78 Å². The summed E-state index contributed by atoms with van der Waals surface area (Å²) in [5.41, 5.74) is 1.55. The van der Waals surface area contributed by atoms with Crippen LogP contribution < -0.4 is 0 Å². The number of ketones is 1. The molecule has 114 valence electrons. The number of rotatable bonds is 2. The molecule has 0 saturated heterocycles. The molecule has 0 bridgehead atoms. The highest BCUT2D eigenvalue weighted by molar-refractivity contribution is 9.10. The Kier molecular flexibility index (Phi) is 4.54. The first-order chi connectivity index (χ1) is 10.5. The third kappa shape index (κ3) is 3.52. The highest BCUT2D eigenvalue weighted by Crippen LogP contribution is 2.33. The van der Waals surface area contributed by atoms with E-state index in [0.717, 1.165) is 24.0 Å². The lowest BCUT2D eigenvalue weighted by Gasteiger charge is -2.22. The second-order valence-electron chi connectivity index (χ2n) is 5.47. The normalized spacial score (nSPS) is 22.7. The summed E-state index contributed by atoms with van der Waals surface area (Å²) in [6.07, 6.45) is 5.18. The van der Waals surface area contributed by atoms with Crippen LogP contribution in [-0.2, 0) is 4.79 Å². The van der Waals surface area contributed by atoms with Gasteiger partial charge >= 0.3 is 0 Å². The lowest BCUT2D eigenvalue weighted by atomic mass is 9.81. The molecule has 0 unspecified atom stereocenters.